The average Bonchev–Trinajstić information content (AvgIpc) is 3.07. The van der Waals surface area contributed by atoms with Gasteiger partial charge in [0.25, 0.3) is 0 Å². The number of allylic oxidation sites excluding steroid dienone is 2. The summed E-state index contributed by atoms with van der Waals surface area (Å²) in [5.41, 5.74) is 3.99. The Balaban J connectivity index is 1.44. The summed E-state index contributed by atoms with van der Waals surface area (Å²) in [7, 11) is 0. The fraction of sp³-hybridized carbons (Fsp3) is 0.0741. The molecule has 134 valence electrons. The van der Waals surface area contributed by atoms with E-state index in [9.17, 15) is 4.79 Å². The number of hydrogen-bond donors (Lipinski definition) is 0. The van der Waals surface area contributed by atoms with Crippen molar-refractivity contribution in [2.45, 2.75) is 12.8 Å². The van der Waals surface area contributed by atoms with Gasteiger partial charge in [-0.05, 0) is 69.8 Å². The van der Waals surface area contributed by atoms with Crippen LogP contribution in [0.1, 0.15) is 24.0 Å². The van der Waals surface area contributed by atoms with Gasteiger partial charge in [0.15, 0.2) is 5.78 Å². The summed E-state index contributed by atoms with van der Waals surface area (Å²) in [6.45, 7) is 0. The molecule has 0 N–H and O–H groups in total. The van der Waals surface area contributed by atoms with Crippen molar-refractivity contribution in [1.29, 1.82) is 0 Å². The van der Waals surface area contributed by atoms with Gasteiger partial charge in [0.2, 0.25) is 0 Å². The number of carbonyl (C=O) groups excluding carboxylic acids is 1. The Kier molecular flexibility index (Phi) is 4.14. The third-order valence-corrected chi connectivity index (χ3v) is 5.48. The van der Waals surface area contributed by atoms with E-state index in [1.807, 2.05) is 24.3 Å². The van der Waals surface area contributed by atoms with Crippen LogP contribution < -0.4 is 0 Å². The molecule has 0 radical (unpaired) electrons. The van der Waals surface area contributed by atoms with E-state index >= 15 is 0 Å². The molecule has 1 aliphatic carbocycles. The minimum absolute atomic E-state index is 0.182. The quantitative estimate of drug-likeness (QED) is 0.358. The second-order valence-corrected chi connectivity index (χ2v) is 7.38. The second kappa shape index (κ2) is 6.94. The highest BCUT2D eigenvalue weighted by molar-refractivity contribution is 6.15. The minimum atomic E-state index is 0.182. The standard InChI is InChI=1S/C27H20O/c28-27-25(17-19-9-11-21-5-1-3-7-23(21)15-19)13-14-26(27)18-20-10-12-22-6-2-4-8-24(22)16-20/h1-12,15-18H,13-14H2/b25-17+,26-18+. The Morgan fingerprint density at radius 1 is 0.536 bits per heavy atom. The van der Waals surface area contributed by atoms with Crippen LogP contribution in [0.2, 0.25) is 0 Å². The van der Waals surface area contributed by atoms with Crippen molar-refractivity contribution in [2.75, 3.05) is 0 Å². The summed E-state index contributed by atoms with van der Waals surface area (Å²) in [4.78, 5) is 12.9. The van der Waals surface area contributed by atoms with Crippen LogP contribution in [0.4, 0.5) is 0 Å². The number of Topliss-reactive ketones (excluding diaryl/α,β-unsaturated/α-hetero) is 1. The molecule has 0 aromatic heterocycles. The molecule has 4 aromatic rings. The Bertz CT molecular complexity index is 1170. The third-order valence-electron chi connectivity index (χ3n) is 5.48. The SMILES string of the molecule is O=C1/C(=C/c2ccc3ccccc3c2)CC/C1=C\c1ccc2ccccc2c1. The van der Waals surface area contributed by atoms with Crippen LogP contribution in [0.25, 0.3) is 33.7 Å². The Hall–Kier alpha value is -3.45. The summed E-state index contributed by atoms with van der Waals surface area (Å²) in [5.74, 6) is 0.182. The first-order valence-corrected chi connectivity index (χ1v) is 9.70. The Morgan fingerprint density at radius 3 is 1.43 bits per heavy atom. The van der Waals surface area contributed by atoms with E-state index in [2.05, 4.69) is 72.8 Å². The molecule has 28 heavy (non-hydrogen) atoms. The van der Waals surface area contributed by atoms with Gasteiger partial charge in [-0.1, -0.05) is 72.8 Å². The molecule has 0 spiro atoms. The zero-order valence-electron chi connectivity index (χ0n) is 15.6. The molecule has 1 heteroatoms. The van der Waals surface area contributed by atoms with Gasteiger partial charge in [-0.2, -0.15) is 0 Å². The summed E-state index contributed by atoms with van der Waals surface area (Å²) >= 11 is 0. The number of fused-ring (bicyclic) bond motifs is 2. The highest BCUT2D eigenvalue weighted by Gasteiger charge is 2.22. The second-order valence-electron chi connectivity index (χ2n) is 7.38. The predicted molar refractivity (Wildman–Crippen MR) is 118 cm³/mol. The van der Waals surface area contributed by atoms with Crippen molar-refractivity contribution in [3.63, 3.8) is 0 Å². The zero-order chi connectivity index (χ0) is 18.9. The molecule has 1 nitrogen and oxygen atoms in total. The summed E-state index contributed by atoms with van der Waals surface area (Å²) < 4.78 is 0. The number of rotatable bonds is 2. The molecule has 0 heterocycles. The summed E-state index contributed by atoms with van der Waals surface area (Å²) in [6.07, 6.45) is 5.72. The molecule has 0 atom stereocenters. The molecular weight excluding hydrogens is 340 g/mol. The first-order chi connectivity index (χ1) is 13.8. The first-order valence-electron chi connectivity index (χ1n) is 9.70. The maximum Gasteiger partial charge on any atom is 0.185 e. The number of carbonyl (C=O) groups is 1. The van der Waals surface area contributed by atoms with Crippen molar-refractivity contribution in [2.24, 2.45) is 0 Å². The number of ketones is 1. The number of benzene rings is 4. The highest BCUT2D eigenvalue weighted by Crippen LogP contribution is 2.30. The molecule has 1 saturated carbocycles. The van der Waals surface area contributed by atoms with Gasteiger partial charge in [-0.25, -0.2) is 0 Å². The molecule has 0 aliphatic heterocycles. The van der Waals surface area contributed by atoms with Crippen molar-refractivity contribution >= 4 is 39.5 Å². The van der Waals surface area contributed by atoms with Crippen LogP contribution in [0.15, 0.2) is 96.1 Å². The van der Waals surface area contributed by atoms with Crippen molar-refractivity contribution in [3.8, 4) is 0 Å². The zero-order valence-corrected chi connectivity index (χ0v) is 15.6. The van der Waals surface area contributed by atoms with Gasteiger partial charge in [0.05, 0.1) is 0 Å². The van der Waals surface area contributed by atoms with E-state index in [-0.39, 0.29) is 5.78 Å². The van der Waals surface area contributed by atoms with Crippen molar-refractivity contribution in [1.82, 2.24) is 0 Å². The van der Waals surface area contributed by atoms with Crippen LogP contribution in [0, 0.1) is 0 Å². The summed E-state index contributed by atoms with van der Waals surface area (Å²) in [6, 6.07) is 29.3. The average molecular weight is 360 g/mol. The van der Waals surface area contributed by atoms with Gasteiger partial charge in [-0.15, -0.1) is 0 Å². The van der Waals surface area contributed by atoms with Gasteiger partial charge in [0, 0.05) is 11.1 Å². The Morgan fingerprint density at radius 2 is 0.964 bits per heavy atom. The lowest BCUT2D eigenvalue weighted by molar-refractivity contribution is -0.111. The lowest BCUT2D eigenvalue weighted by Gasteiger charge is -2.02. The normalized spacial score (nSPS) is 17.2. The van der Waals surface area contributed by atoms with Gasteiger partial charge in [0.1, 0.15) is 0 Å². The maximum absolute atomic E-state index is 12.9. The van der Waals surface area contributed by atoms with Crippen LogP contribution in [-0.2, 0) is 4.79 Å². The van der Waals surface area contributed by atoms with Gasteiger partial charge < -0.3 is 0 Å². The molecular formula is C27H20O. The molecule has 1 fully saturated rings. The lowest BCUT2D eigenvalue weighted by Crippen LogP contribution is -1.95. The van der Waals surface area contributed by atoms with Crippen molar-refractivity contribution in [3.05, 3.63) is 107 Å². The van der Waals surface area contributed by atoms with E-state index < -0.39 is 0 Å². The maximum atomic E-state index is 12.9. The molecule has 0 saturated heterocycles. The van der Waals surface area contributed by atoms with E-state index in [0.29, 0.717) is 0 Å². The van der Waals surface area contributed by atoms with Crippen LogP contribution >= 0.6 is 0 Å². The molecule has 0 amide bonds. The van der Waals surface area contributed by atoms with Crippen LogP contribution in [0.3, 0.4) is 0 Å². The monoisotopic (exact) mass is 360 g/mol. The topological polar surface area (TPSA) is 17.1 Å². The van der Waals surface area contributed by atoms with Crippen LogP contribution in [-0.4, -0.2) is 5.78 Å². The van der Waals surface area contributed by atoms with Crippen LogP contribution in [0.5, 0.6) is 0 Å². The largest absolute Gasteiger partial charge is 0.289 e. The van der Waals surface area contributed by atoms with E-state index in [1.165, 1.54) is 21.5 Å². The third kappa shape index (κ3) is 3.16. The molecule has 1 aliphatic rings. The number of hydrogen-bond acceptors (Lipinski definition) is 1. The molecule has 5 rings (SSSR count). The van der Waals surface area contributed by atoms with E-state index in [0.717, 1.165) is 35.1 Å². The minimum Gasteiger partial charge on any atom is -0.289 e. The summed E-state index contributed by atoms with van der Waals surface area (Å²) in [5, 5.41) is 4.85. The highest BCUT2D eigenvalue weighted by atomic mass is 16.1. The van der Waals surface area contributed by atoms with Gasteiger partial charge in [-0.3, -0.25) is 4.79 Å². The van der Waals surface area contributed by atoms with E-state index in [4.69, 9.17) is 0 Å². The van der Waals surface area contributed by atoms with E-state index in [1.54, 1.807) is 0 Å². The van der Waals surface area contributed by atoms with Gasteiger partial charge >= 0.3 is 0 Å². The lowest BCUT2D eigenvalue weighted by atomic mass is 10.0. The molecule has 4 aromatic carbocycles. The first kappa shape index (κ1) is 16.7. The molecule has 0 bridgehead atoms. The smallest absolute Gasteiger partial charge is 0.185 e. The fourth-order valence-corrected chi connectivity index (χ4v) is 3.98. The Labute approximate surface area is 164 Å². The predicted octanol–water partition coefficient (Wildman–Crippen LogP) is 6.82. The van der Waals surface area contributed by atoms with Crippen molar-refractivity contribution < 1.29 is 4.79 Å². The molecule has 0 unspecified atom stereocenters. The fourth-order valence-electron chi connectivity index (χ4n) is 3.98.